The molecule has 1 saturated heterocycles. The Labute approximate surface area is 166 Å². The first-order valence-electron chi connectivity index (χ1n) is 10.4. The number of hydrogen-bond acceptors (Lipinski definition) is 2. The minimum Gasteiger partial charge on any atom is -0.348 e. The van der Waals surface area contributed by atoms with Crippen LogP contribution in [0.1, 0.15) is 75.8 Å². The van der Waals surface area contributed by atoms with Gasteiger partial charge in [0.1, 0.15) is 0 Å². The van der Waals surface area contributed by atoms with Crippen LogP contribution in [0.4, 0.5) is 0 Å². The second kappa shape index (κ2) is 7.82. The summed E-state index contributed by atoms with van der Waals surface area (Å²) >= 11 is 0. The zero-order chi connectivity index (χ0) is 19.7. The molecule has 2 fully saturated rings. The van der Waals surface area contributed by atoms with Crippen LogP contribution < -0.4 is 5.32 Å². The lowest BCUT2D eigenvalue weighted by atomic mass is 10.1. The molecule has 0 atom stereocenters. The van der Waals surface area contributed by atoms with Gasteiger partial charge in [-0.1, -0.05) is 12.1 Å². The van der Waals surface area contributed by atoms with Crippen molar-refractivity contribution in [3.8, 4) is 0 Å². The van der Waals surface area contributed by atoms with E-state index in [1.807, 2.05) is 42.2 Å². The standard InChI is InChI=1S/C23H29N3O2/c1-16-14-21(17(2)26(16)20-10-11-20)22(27)24-15-18-6-8-19(9-7-18)23(28)25-12-4-3-5-13-25/h6-9,14,20H,3-5,10-13,15H2,1-2H3,(H,24,27). The van der Waals surface area contributed by atoms with Crippen LogP contribution in [0.25, 0.3) is 0 Å². The van der Waals surface area contributed by atoms with E-state index in [4.69, 9.17) is 0 Å². The Bertz CT molecular complexity index is 872. The molecule has 1 N–H and O–H groups in total. The molecular formula is C23H29N3O2. The van der Waals surface area contributed by atoms with Crippen LogP contribution in [0.15, 0.2) is 30.3 Å². The van der Waals surface area contributed by atoms with E-state index in [9.17, 15) is 9.59 Å². The van der Waals surface area contributed by atoms with Crippen LogP contribution in [0.5, 0.6) is 0 Å². The van der Waals surface area contributed by atoms with Gasteiger partial charge in [-0.25, -0.2) is 0 Å². The maximum Gasteiger partial charge on any atom is 0.253 e. The minimum atomic E-state index is -0.0338. The van der Waals surface area contributed by atoms with Gasteiger partial charge in [0.25, 0.3) is 11.8 Å². The molecule has 4 rings (SSSR count). The summed E-state index contributed by atoms with van der Waals surface area (Å²) in [6.45, 7) is 6.28. The van der Waals surface area contributed by atoms with E-state index in [-0.39, 0.29) is 11.8 Å². The molecule has 2 heterocycles. The molecule has 5 heteroatoms. The van der Waals surface area contributed by atoms with Gasteiger partial charge in [-0.3, -0.25) is 9.59 Å². The van der Waals surface area contributed by atoms with Gasteiger partial charge in [0.05, 0.1) is 5.56 Å². The molecule has 1 aromatic heterocycles. The van der Waals surface area contributed by atoms with Gasteiger partial charge in [-0.05, 0) is 69.7 Å². The molecule has 0 radical (unpaired) electrons. The highest BCUT2D eigenvalue weighted by Gasteiger charge is 2.28. The van der Waals surface area contributed by atoms with Crippen molar-refractivity contribution >= 4 is 11.8 Å². The summed E-state index contributed by atoms with van der Waals surface area (Å²) < 4.78 is 2.29. The van der Waals surface area contributed by atoms with Crippen LogP contribution in [0.3, 0.4) is 0 Å². The third kappa shape index (κ3) is 3.84. The van der Waals surface area contributed by atoms with Crippen LogP contribution in [0.2, 0.25) is 0 Å². The largest absolute Gasteiger partial charge is 0.348 e. The highest BCUT2D eigenvalue weighted by molar-refractivity contribution is 5.96. The first-order valence-corrected chi connectivity index (χ1v) is 10.4. The fourth-order valence-corrected chi connectivity index (χ4v) is 4.22. The monoisotopic (exact) mass is 379 g/mol. The summed E-state index contributed by atoms with van der Waals surface area (Å²) in [5.41, 5.74) is 4.71. The SMILES string of the molecule is Cc1cc(C(=O)NCc2ccc(C(=O)N3CCCCC3)cc2)c(C)n1C1CC1. The van der Waals surface area contributed by atoms with Crippen molar-refractivity contribution in [3.63, 3.8) is 0 Å². The van der Waals surface area contributed by atoms with Crippen molar-refractivity contribution < 1.29 is 9.59 Å². The summed E-state index contributed by atoms with van der Waals surface area (Å²) in [4.78, 5) is 27.1. The second-order valence-electron chi connectivity index (χ2n) is 8.12. The first kappa shape index (κ1) is 18.8. The van der Waals surface area contributed by atoms with Crippen LogP contribution in [-0.2, 0) is 6.54 Å². The third-order valence-electron chi connectivity index (χ3n) is 5.94. The Balaban J connectivity index is 1.36. The number of nitrogens with one attached hydrogen (secondary N) is 1. The number of amides is 2. The lowest BCUT2D eigenvalue weighted by Gasteiger charge is -2.26. The summed E-state index contributed by atoms with van der Waals surface area (Å²) in [5.74, 6) is 0.0799. The van der Waals surface area contributed by atoms with Crippen LogP contribution in [0, 0.1) is 13.8 Å². The van der Waals surface area contributed by atoms with Gasteiger partial charge < -0.3 is 14.8 Å². The van der Waals surface area contributed by atoms with Crippen LogP contribution >= 0.6 is 0 Å². The number of likely N-dealkylation sites (tertiary alicyclic amines) is 1. The van der Waals surface area contributed by atoms with Crippen molar-refractivity contribution in [2.75, 3.05) is 13.1 Å². The molecule has 0 bridgehead atoms. The lowest BCUT2D eigenvalue weighted by molar-refractivity contribution is 0.0724. The normalized spacial score (nSPS) is 16.9. The van der Waals surface area contributed by atoms with Gasteiger partial charge in [0.2, 0.25) is 0 Å². The molecule has 0 unspecified atom stereocenters. The number of aryl methyl sites for hydroxylation is 1. The molecule has 2 aliphatic rings. The summed E-state index contributed by atoms with van der Waals surface area (Å²) in [6.07, 6.45) is 5.82. The van der Waals surface area contributed by atoms with E-state index < -0.39 is 0 Å². The predicted molar refractivity (Wildman–Crippen MR) is 110 cm³/mol. The van der Waals surface area contributed by atoms with Crippen molar-refractivity contribution in [1.82, 2.24) is 14.8 Å². The number of benzene rings is 1. The van der Waals surface area contributed by atoms with Crippen molar-refractivity contribution in [2.45, 2.75) is 58.5 Å². The molecule has 2 aromatic rings. The topological polar surface area (TPSA) is 54.3 Å². The van der Waals surface area contributed by atoms with Gasteiger partial charge in [0.15, 0.2) is 0 Å². The van der Waals surface area contributed by atoms with Gasteiger partial charge in [0, 0.05) is 42.6 Å². The zero-order valence-corrected chi connectivity index (χ0v) is 16.8. The zero-order valence-electron chi connectivity index (χ0n) is 16.8. The number of aromatic nitrogens is 1. The summed E-state index contributed by atoms with van der Waals surface area (Å²) in [5, 5.41) is 3.02. The highest BCUT2D eigenvalue weighted by atomic mass is 16.2. The number of carbonyl (C=O) groups is 2. The van der Waals surface area contributed by atoms with Crippen molar-refractivity contribution in [3.05, 3.63) is 58.4 Å². The van der Waals surface area contributed by atoms with Crippen LogP contribution in [-0.4, -0.2) is 34.4 Å². The highest BCUT2D eigenvalue weighted by Crippen LogP contribution is 2.38. The van der Waals surface area contributed by atoms with Gasteiger partial charge >= 0.3 is 0 Å². The smallest absolute Gasteiger partial charge is 0.253 e. The van der Waals surface area contributed by atoms with E-state index in [2.05, 4.69) is 16.8 Å². The first-order chi connectivity index (χ1) is 13.5. The van der Waals surface area contributed by atoms with E-state index in [1.54, 1.807) is 0 Å². The molecule has 1 saturated carbocycles. The van der Waals surface area contributed by atoms with E-state index in [0.717, 1.165) is 54.0 Å². The number of nitrogens with zero attached hydrogens (tertiary/aromatic N) is 2. The Kier molecular flexibility index (Phi) is 5.25. The molecule has 1 aliphatic carbocycles. The summed E-state index contributed by atoms with van der Waals surface area (Å²) in [6, 6.07) is 10.2. The maximum atomic E-state index is 12.6. The molecule has 1 aliphatic heterocycles. The Morgan fingerprint density at radius 3 is 2.36 bits per heavy atom. The van der Waals surface area contributed by atoms with E-state index in [0.29, 0.717) is 12.6 Å². The molecule has 148 valence electrons. The Morgan fingerprint density at radius 1 is 1.04 bits per heavy atom. The fourth-order valence-electron chi connectivity index (χ4n) is 4.22. The molecule has 2 amide bonds. The predicted octanol–water partition coefficient (Wildman–Crippen LogP) is 4.00. The third-order valence-corrected chi connectivity index (χ3v) is 5.94. The average molecular weight is 380 g/mol. The maximum absolute atomic E-state index is 12.6. The van der Waals surface area contributed by atoms with Gasteiger partial charge in [-0.15, -0.1) is 0 Å². The molecular weight excluding hydrogens is 350 g/mol. The lowest BCUT2D eigenvalue weighted by Crippen LogP contribution is -2.35. The Hall–Kier alpha value is -2.56. The molecule has 28 heavy (non-hydrogen) atoms. The average Bonchev–Trinajstić information content (AvgIpc) is 3.51. The number of piperidine rings is 1. The number of hydrogen-bond donors (Lipinski definition) is 1. The van der Waals surface area contributed by atoms with E-state index in [1.165, 1.54) is 19.3 Å². The van der Waals surface area contributed by atoms with Crippen molar-refractivity contribution in [2.24, 2.45) is 0 Å². The molecule has 1 aromatic carbocycles. The number of rotatable bonds is 5. The minimum absolute atomic E-state index is 0.0338. The molecule has 0 spiro atoms. The second-order valence-corrected chi connectivity index (χ2v) is 8.12. The number of carbonyl (C=O) groups excluding carboxylic acids is 2. The Morgan fingerprint density at radius 2 is 1.71 bits per heavy atom. The molecule has 5 nitrogen and oxygen atoms in total. The van der Waals surface area contributed by atoms with Crippen molar-refractivity contribution in [1.29, 1.82) is 0 Å². The van der Waals surface area contributed by atoms with Gasteiger partial charge in [-0.2, -0.15) is 0 Å². The summed E-state index contributed by atoms with van der Waals surface area (Å²) in [7, 11) is 0. The quantitative estimate of drug-likeness (QED) is 0.854. The fraction of sp³-hybridized carbons (Fsp3) is 0.478. The van der Waals surface area contributed by atoms with E-state index >= 15 is 0 Å².